The van der Waals surface area contributed by atoms with Gasteiger partial charge in [0.15, 0.2) is 0 Å². The second kappa shape index (κ2) is 8.85. The fourth-order valence-corrected chi connectivity index (χ4v) is 5.51. The van der Waals surface area contributed by atoms with Gasteiger partial charge in [-0.3, -0.25) is 9.88 Å². The van der Waals surface area contributed by atoms with Gasteiger partial charge in [-0.25, -0.2) is 0 Å². The van der Waals surface area contributed by atoms with Crippen molar-refractivity contribution in [2.75, 3.05) is 39.3 Å². The maximum Gasteiger partial charge on any atom is 0.119 e. The van der Waals surface area contributed by atoms with Gasteiger partial charge >= 0.3 is 0 Å². The Bertz CT molecular complexity index is 803. The average Bonchev–Trinajstić information content (AvgIpc) is 3.26. The molecule has 2 aromatic rings. The Morgan fingerprint density at radius 1 is 1.00 bits per heavy atom. The summed E-state index contributed by atoms with van der Waals surface area (Å²) >= 11 is 0. The van der Waals surface area contributed by atoms with E-state index in [0.29, 0.717) is 12.0 Å². The molecule has 1 aromatic carbocycles. The first-order valence-corrected chi connectivity index (χ1v) is 11.5. The SMILES string of the molecule is c1cncc(C2CN3CCCC3c3cc(OCCCN4CCCCC4)ccc32)c1. The van der Waals surface area contributed by atoms with E-state index >= 15 is 0 Å². The molecule has 0 saturated carbocycles. The van der Waals surface area contributed by atoms with Crippen LogP contribution >= 0.6 is 0 Å². The number of ether oxygens (including phenoxy) is 1. The van der Waals surface area contributed by atoms with Crippen LogP contribution < -0.4 is 4.74 Å². The molecule has 1 aromatic heterocycles. The summed E-state index contributed by atoms with van der Waals surface area (Å²) in [4.78, 5) is 9.64. The Labute approximate surface area is 174 Å². The van der Waals surface area contributed by atoms with Crippen molar-refractivity contribution in [2.24, 2.45) is 0 Å². The molecular formula is C25H33N3O. The molecule has 4 nitrogen and oxygen atoms in total. The zero-order valence-corrected chi connectivity index (χ0v) is 17.4. The molecule has 29 heavy (non-hydrogen) atoms. The van der Waals surface area contributed by atoms with E-state index in [1.165, 1.54) is 75.0 Å². The molecule has 2 saturated heterocycles. The highest BCUT2D eigenvalue weighted by atomic mass is 16.5. The Morgan fingerprint density at radius 2 is 1.93 bits per heavy atom. The largest absolute Gasteiger partial charge is 0.494 e. The number of nitrogens with zero attached hydrogens (tertiary/aromatic N) is 3. The number of rotatable bonds is 6. The van der Waals surface area contributed by atoms with E-state index in [9.17, 15) is 0 Å². The van der Waals surface area contributed by atoms with Crippen molar-refractivity contribution in [2.45, 2.75) is 50.5 Å². The second-order valence-corrected chi connectivity index (χ2v) is 8.89. The minimum Gasteiger partial charge on any atom is -0.494 e. The van der Waals surface area contributed by atoms with E-state index in [2.05, 4.69) is 45.1 Å². The van der Waals surface area contributed by atoms with Gasteiger partial charge in [0.1, 0.15) is 5.75 Å². The number of hydrogen-bond acceptors (Lipinski definition) is 4. The number of fused-ring (bicyclic) bond motifs is 3. The third-order valence-electron chi connectivity index (χ3n) is 7.00. The molecule has 0 amide bonds. The van der Waals surface area contributed by atoms with Crippen molar-refractivity contribution in [1.29, 1.82) is 0 Å². The molecule has 4 heterocycles. The zero-order valence-electron chi connectivity index (χ0n) is 17.4. The van der Waals surface area contributed by atoms with Gasteiger partial charge in [-0.1, -0.05) is 18.6 Å². The maximum absolute atomic E-state index is 6.20. The molecule has 3 aliphatic heterocycles. The van der Waals surface area contributed by atoms with Crippen LogP contribution in [0.15, 0.2) is 42.7 Å². The van der Waals surface area contributed by atoms with Gasteiger partial charge in [-0.05, 0) is 86.6 Å². The normalized spacial score (nSPS) is 24.8. The predicted molar refractivity (Wildman–Crippen MR) is 116 cm³/mol. The molecule has 2 atom stereocenters. The highest BCUT2D eigenvalue weighted by Gasteiger charge is 2.36. The van der Waals surface area contributed by atoms with Gasteiger partial charge in [0, 0.05) is 37.4 Å². The third-order valence-corrected chi connectivity index (χ3v) is 7.00. The Balaban J connectivity index is 1.29. The number of pyridine rings is 1. The minimum atomic E-state index is 0.418. The van der Waals surface area contributed by atoms with Crippen LogP contribution in [0, 0.1) is 0 Å². The van der Waals surface area contributed by atoms with E-state index in [1.807, 2.05) is 12.4 Å². The molecule has 0 aliphatic carbocycles. The molecule has 2 unspecified atom stereocenters. The van der Waals surface area contributed by atoms with Crippen LogP contribution in [-0.2, 0) is 0 Å². The first-order valence-electron chi connectivity index (χ1n) is 11.5. The van der Waals surface area contributed by atoms with E-state index in [0.717, 1.165) is 25.3 Å². The van der Waals surface area contributed by atoms with Crippen LogP contribution in [0.4, 0.5) is 0 Å². The van der Waals surface area contributed by atoms with Crippen LogP contribution in [0.5, 0.6) is 5.75 Å². The summed E-state index contributed by atoms with van der Waals surface area (Å²) in [6.45, 7) is 6.85. The molecule has 0 N–H and O–H groups in total. The van der Waals surface area contributed by atoms with E-state index in [4.69, 9.17) is 4.74 Å². The van der Waals surface area contributed by atoms with Crippen LogP contribution in [0.3, 0.4) is 0 Å². The lowest BCUT2D eigenvalue weighted by atomic mass is 9.82. The summed E-state index contributed by atoms with van der Waals surface area (Å²) in [6.07, 6.45) is 11.7. The smallest absolute Gasteiger partial charge is 0.119 e. The zero-order chi connectivity index (χ0) is 19.5. The van der Waals surface area contributed by atoms with Gasteiger partial charge in [-0.2, -0.15) is 0 Å². The van der Waals surface area contributed by atoms with Crippen LogP contribution in [-0.4, -0.2) is 54.1 Å². The molecular weight excluding hydrogens is 358 g/mol. The number of benzene rings is 1. The lowest BCUT2D eigenvalue weighted by Gasteiger charge is -2.37. The maximum atomic E-state index is 6.20. The van der Waals surface area contributed by atoms with Crippen molar-refractivity contribution in [1.82, 2.24) is 14.8 Å². The van der Waals surface area contributed by atoms with Crippen molar-refractivity contribution in [3.8, 4) is 5.75 Å². The number of piperidine rings is 1. The van der Waals surface area contributed by atoms with Crippen molar-refractivity contribution in [3.63, 3.8) is 0 Å². The first kappa shape index (κ1) is 19.1. The van der Waals surface area contributed by atoms with E-state index in [-0.39, 0.29) is 0 Å². The van der Waals surface area contributed by atoms with Gasteiger partial charge in [-0.15, -0.1) is 0 Å². The topological polar surface area (TPSA) is 28.6 Å². The summed E-state index contributed by atoms with van der Waals surface area (Å²) in [5.41, 5.74) is 4.28. The lowest BCUT2D eigenvalue weighted by molar-refractivity contribution is 0.204. The van der Waals surface area contributed by atoms with E-state index < -0.39 is 0 Å². The van der Waals surface area contributed by atoms with Crippen molar-refractivity contribution < 1.29 is 4.74 Å². The second-order valence-electron chi connectivity index (χ2n) is 8.89. The molecule has 4 heteroatoms. The molecule has 154 valence electrons. The number of likely N-dealkylation sites (tertiary alicyclic amines) is 1. The summed E-state index contributed by atoms with van der Waals surface area (Å²) in [5, 5.41) is 0. The molecule has 3 aliphatic rings. The predicted octanol–water partition coefficient (Wildman–Crippen LogP) is 4.62. The molecule has 0 radical (unpaired) electrons. The summed E-state index contributed by atoms with van der Waals surface area (Å²) in [7, 11) is 0. The minimum absolute atomic E-state index is 0.418. The summed E-state index contributed by atoms with van der Waals surface area (Å²) in [5.74, 6) is 1.46. The fourth-order valence-electron chi connectivity index (χ4n) is 5.51. The average molecular weight is 392 g/mol. The van der Waals surface area contributed by atoms with Crippen LogP contribution in [0.1, 0.15) is 67.2 Å². The highest BCUT2D eigenvalue weighted by molar-refractivity contribution is 5.46. The lowest BCUT2D eigenvalue weighted by Crippen LogP contribution is -2.34. The Hall–Kier alpha value is -1.91. The van der Waals surface area contributed by atoms with Crippen molar-refractivity contribution in [3.05, 3.63) is 59.4 Å². The first-order chi connectivity index (χ1) is 14.4. The van der Waals surface area contributed by atoms with Crippen LogP contribution in [0.2, 0.25) is 0 Å². The van der Waals surface area contributed by atoms with Crippen molar-refractivity contribution >= 4 is 0 Å². The Morgan fingerprint density at radius 3 is 2.79 bits per heavy atom. The van der Waals surface area contributed by atoms with Gasteiger partial charge in [0.05, 0.1) is 6.61 Å². The third kappa shape index (κ3) is 4.19. The summed E-state index contributed by atoms with van der Waals surface area (Å²) in [6, 6.07) is 11.7. The molecule has 0 spiro atoms. The quantitative estimate of drug-likeness (QED) is 0.672. The summed E-state index contributed by atoms with van der Waals surface area (Å²) < 4.78 is 6.20. The van der Waals surface area contributed by atoms with Crippen LogP contribution in [0.25, 0.3) is 0 Å². The fraction of sp³-hybridized carbons (Fsp3) is 0.560. The monoisotopic (exact) mass is 391 g/mol. The number of aromatic nitrogens is 1. The Kier molecular flexibility index (Phi) is 5.82. The molecule has 0 bridgehead atoms. The van der Waals surface area contributed by atoms with Gasteiger partial charge in [0.25, 0.3) is 0 Å². The van der Waals surface area contributed by atoms with E-state index in [1.54, 1.807) is 0 Å². The number of hydrogen-bond donors (Lipinski definition) is 0. The molecule has 2 fully saturated rings. The standard InChI is InChI=1S/C25H33N3O/c1-2-12-27(13-3-1)14-6-16-29-21-9-10-22-23(17-21)25-8-5-15-28(25)19-24(22)20-7-4-11-26-18-20/h4,7,9-11,17-18,24-25H,1-3,5-6,8,12-16,19H2. The molecule has 5 rings (SSSR count). The van der Waals surface area contributed by atoms with Gasteiger partial charge < -0.3 is 9.64 Å². The highest BCUT2D eigenvalue weighted by Crippen LogP contribution is 2.45. The van der Waals surface area contributed by atoms with Gasteiger partial charge in [0.2, 0.25) is 0 Å².